The first kappa shape index (κ1) is 9.79. The molecule has 0 saturated heterocycles. The Labute approximate surface area is 89.9 Å². The number of rotatable bonds is 1. The van der Waals surface area contributed by atoms with Crippen LogP contribution in [0, 0.1) is 17.0 Å². The summed E-state index contributed by atoms with van der Waals surface area (Å²) >= 11 is 5.86. The first-order valence-corrected chi connectivity index (χ1v) is 4.53. The third kappa shape index (κ3) is 1.50. The van der Waals surface area contributed by atoms with E-state index >= 15 is 0 Å². The third-order valence-electron chi connectivity index (χ3n) is 2.11. The molecule has 5 nitrogen and oxygen atoms in total. The summed E-state index contributed by atoms with van der Waals surface area (Å²) in [5.74, 6) is 0. The van der Waals surface area contributed by atoms with Crippen LogP contribution in [-0.4, -0.2) is 14.9 Å². The Bertz CT molecular complexity index is 556. The van der Waals surface area contributed by atoms with Crippen LogP contribution in [0.3, 0.4) is 0 Å². The van der Waals surface area contributed by atoms with Gasteiger partial charge in [0.05, 0.1) is 15.5 Å². The molecule has 0 atom stereocenters. The van der Waals surface area contributed by atoms with Gasteiger partial charge in [-0.25, -0.2) is 4.98 Å². The number of nitro benzene ring substituents is 1. The van der Waals surface area contributed by atoms with Crippen molar-refractivity contribution in [2.45, 2.75) is 6.92 Å². The van der Waals surface area contributed by atoms with Gasteiger partial charge in [0.25, 0.3) is 0 Å². The van der Waals surface area contributed by atoms with Crippen molar-refractivity contribution >= 4 is 28.3 Å². The van der Waals surface area contributed by atoms with Crippen LogP contribution < -0.4 is 0 Å². The van der Waals surface area contributed by atoms with Gasteiger partial charge in [-0.15, -0.1) is 0 Å². The van der Waals surface area contributed by atoms with E-state index in [4.69, 9.17) is 11.6 Å². The van der Waals surface area contributed by atoms with E-state index in [-0.39, 0.29) is 11.2 Å². The minimum absolute atomic E-state index is 0.0781. The van der Waals surface area contributed by atoms with Crippen molar-refractivity contribution in [3.05, 3.63) is 39.2 Å². The normalized spacial score (nSPS) is 10.5. The van der Waals surface area contributed by atoms with Crippen LogP contribution in [0.15, 0.2) is 18.5 Å². The van der Waals surface area contributed by atoms with Crippen molar-refractivity contribution in [2.24, 2.45) is 0 Å². The van der Waals surface area contributed by atoms with Crippen molar-refractivity contribution < 1.29 is 4.92 Å². The first-order chi connectivity index (χ1) is 7.11. The summed E-state index contributed by atoms with van der Waals surface area (Å²) in [6.45, 7) is 1.59. The largest absolute Gasteiger partial charge is 0.301 e. The molecule has 0 radical (unpaired) electrons. The summed E-state index contributed by atoms with van der Waals surface area (Å²) in [6, 6.07) is 1.58. The molecule has 0 aliphatic rings. The lowest BCUT2D eigenvalue weighted by atomic mass is 10.1. The Balaban J connectivity index is 2.95. The highest BCUT2D eigenvalue weighted by Gasteiger charge is 2.20. The van der Waals surface area contributed by atoms with Gasteiger partial charge >= 0.3 is 5.69 Å². The van der Waals surface area contributed by atoms with Crippen LogP contribution in [-0.2, 0) is 0 Å². The van der Waals surface area contributed by atoms with E-state index in [0.29, 0.717) is 16.1 Å². The number of halogens is 1. The van der Waals surface area contributed by atoms with Gasteiger partial charge in [0.1, 0.15) is 0 Å². The molecule has 1 heterocycles. The maximum atomic E-state index is 10.9. The van der Waals surface area contributed by atoms with Gasteiger partial charge in [-0.3, -0.25) is 15.1 Å². The van der Waals surface area contributed by atoms with Crippen molar-refractivity contribution in [1.82, 2.24) is 9.97 Å². The Morgan fingerprint density at radius 3 is 2.73 bits per heavy atom. The van der Waals surface area contributed by atoms with Gasteiger partial charge in [0.15, 0.2) is 5.52 Å². The smallest absolute Gasteiger partial charge is 0.258 e. The number of benzene rings is 1. The molecule has 1 aromatic heterocycles. The van der Waals surface area contributed by atoms with Gasteiger partial charge in [0, 0.05) is 18.0 Å². The molecule has 0 bridgehead atoms. The molecule has 76 valence electrons. The molecule has 1 aromatic carbocycles. The molecular formula is C9H6ClN3O2. The van der Waals surface area contributed by atoms with Crippen LogP contribution in [0.4, 0.5) is 5.69 Å². The number of fused-ring (bicyclic) bond motifs is 1. The van der Waals surface area contributed by atoms with Crippen molar-refractivity contribution in [3.8, 4) is 0 Å². The van der Waals surface area contributed by atoms with Crippen LogP contribution in [0.5, 0.6) is 0 Å². The summed E-state index contributed by atoms with van der Waals surface area (Å²) in [5.41, 5.74) is 1.03. The highest BCUT2D eigenvalue weighted by atomic mass is 35.5. The monoisotopic (exact) mass is 223 g/mol. The lowest BCUT2D eigenvalue weighted by Crippen LogP contribution is -1.96. The van der Waals surface area contributed by atoms with E-state index in [9.17, 15) is 10.1 Å². The average Bonchev–Trinajstić information content (AvgIpc) is 2.19. The lowest BCUT2D eigenvalue weighted by molar-refractivity contribution is -0.383. The molecule has 0 aliphatic carbocycles. The van der Waals surface area contributed by atoms with Gasteiger partial charge in [-0.05, 0) is 13.0 Å². The second-order valence-electron chi connectivity index (χ2n) is 3.01. The van der Waals surface area contributed by atoms with Crippen LogP contribution in [0.25, 0.3) is 11.0 Å². The first-order valence-electron chi connectivity index (χ1n) is 4.15. The number of aromatic nitrogens is 2. The molecule has 0 aliphatic heterocycles. The summed E-state index contributed by atoms with van der Waals surface area (Å²) in [5, 5.41) is 11.2. The number of nitrogens with zero attached hydrogens (tertiary/aromatic N) is 3. The molecule has 0 saturated carbocycles. The summed E-state index contributed by atoms with van der Waals surface area (Å²) in [4.78, 5) is 18.3. The molecule has 0 amide bonds. The summed E-state index contributed by atoms with van der Waals surface area (Å²) in [6.07, 6.45) is 2.89. The Hall–Kier alpha value is -1.75. The van der Waals surface area contributed by atoms with Crippen LogP contribution in [0.2, 0.25) is 5.02 Å². The lowest BCUT2D eigenvalue weighted by Gasteiger charge is -2.02. The van der Waals surface area contributed by atoms with E-state index in [1.54, 1.807) is 13.0 Å². The molecule has 15 heavy (non-hydrogen) atoms. The van der Waals surface area contributed by atoms with Crippen molar-refractivity contribution in [1.29, 1.82) is 0 Å². The van der Waals surface area contributed by atoms with Crippen molar-refractivity contribution in [2.75, 3.05) is 0 Å². The molecule has 2 aromatic rings. The molecule has 6 heteroatoms. The quantitative estimate of drug-likeness (QED) is 0.550. The molecule has 0 unspecified atom stereocenters. The highest BCUT2D eigenvalue weighted by molar-refractivity contribution is 6.32. The van der Waals surface area contributed by atoms with E-state index in [0.717, 1.165) is 0 Å². The number of hydrogen-bond acceptors (Lipinski definition) is 4. The van der Waals surface area contributed by atoms with Crippen LogP contribution >= 0.6 is 11.6 Å². The fourth-order valence-corrected chi connectivity index (χ4v) is 1.57. The second kappa shape index (κ2) is 3.43. The van der Waals surface area contributed by atoms with Gasteiger partial charge < -0.3 is 0 Å². The third-order valence-corrected chi connectivity index (χ3v) is 2.50. The second-order valence-corrected chi connectivity index (χ2v) is 3.42. The van der Waals surface area contributed by atoms with Gasteiger partial charge in [0.2, 0.25) is 0 Å². The highest BCUT2D eigenvalue weighted by Crippen LogP contribution is 2.31. The maximum absolute atomic E-state index is 10.9. The number of nitro groups is 1. The Kier molecular flexibility index (Phi) is 2.24. The topological polar surface area (TPSA) is 68.9 Å². The maximum Gasteiger partial charge on any atom is 0.301 e. The zero-order chi connectivity index (χ0) is 11.0. The minimum Gasteiger partial charge on any atom is -0.258 e. The molecule has 2 rings (SSSR count). The van der Waals surface area contributed by atoms with Crippen molar-refractivity contribution in [3.63, 3.8) is 0 Å². The predicted octanol–water partition coefficient (Wildman–Crippen LogP) is 2.50. The fraction of sp³-hybridized carbons (Fsp3) is 0.111. The molecule has 0 fully saturated rings. The van der Waals surface area contributed by atoms with E-state index in [2.05, 4.69) is 9.97 Å². The minimum atomic E-state index is -0.488. The van der Waals surface area contributed by atoms with Gasteiger partial charge in [-0.2, -0.15) is 0 Å². The standard InChI is InChI=1S/C9H6ClN3O2/c1-5-6(10)4-7-8(9(5)13(14)15)12-3-2-11-7/h2-4H,1H3. The zero-order valence-corrected chi connectivity index (χ0v) is 8.52. The zero-order valence-electron chi connectivity index (χ0n) is 7.77. The molecular weight excluding hydrogens is 218 g/mol. The fourth-order valence-electron chi connectivity index (χ4n) is 1.38. The summed E-state index contributed by atoms with van der Waals surface area (Å²) < 4.78 is 0. The SMILES string of the molecule is Cc1c(Cl)cc2nccnc2c1[N+](=O)[O-]. The van der Waals surface area contributed by atoms with E-state index < -0.39 is 4.92 Å². The predicted molar refractivity (Wildman–Crippen MR) is 55.9 cm³/mol. The van der Waals surface area contributed by atoms with Gasteiger partial charge in [-0.1, -0.05) is 11.6 Å². The Morgan fingerprint density at radius 2 is 2.07 bits per heavy atom. The van der Waals surface area contributed by atoms with Crippen LogP contribution in [0.1, 0.15) is 5.56 Å². The molecule has 0 spiro atoms. The van der Waals surface area contributed by atoms with E-state index in [1.807, 2.05) is 0 Å². The average molecular weight is 224 g/mol. The molecule has 0 N–H and O–H groups in total. The van der Waals surface area contributed by atoms with E-state index in [1.165, 1.54) is 12.4 Å². The Morgan fingerprint density at radius 1 is 1.40 bits per heavy atom. The number of hydrogen-bond donors (Lipinski definition) is 0. The summed E-state index contributed by atoms with van der Waals surface area (Å²) in [7, 11) is 0.